The summed E-state index contributed by atoms with van der Waals surface area (Å²) in [6.07, 6.45) is 0. The van der Waals surface area contributed by atoms with Crippen LogP contribution in [0.5, 0.6) is 0 Å². The van der Waals surface area contributed by atoms with Crippen LogP contribution in [0.2, 0.25) is 0 Å². The molecule has 0 fully saturated rings. The molecule has 0 saturated heterocycles. The maximum Gasteiger partial charge on any atom is 0.358 e. The zero-order chi connectivity index (χ0) is 15.9. The Labute approximate surface area is 126 Å². The normalized spacial score (nSPS) is 10.4. The average molecular weight is 304 g/mol. The molecule has 8 nitrogen and oxygen atoms in total. The molecule has 1 amide bonds. The quantitative estimate of drug-likeness (QED) is 0.717. The van der Waals surface area contributed by atoms with Crippen molar-refractivity contribution < 1.29 is 19.4 Å². The standard InChI is InChI=1S/C14H16N4O4/c1-22-8-7-15-11(19)9-18-13(10-5-3-2-4-6-10)12(14(20)21)16-17-18/h2-6H,7-9H2,1H3,(H,15,19)(H,20,21). The van der Waals surface area contributed by atoms with E-state index in [-0.39, 0.29) is 18.1 Å². The average Bonchev–Trinajstić information content (AvgIpc) is 2.92. The molecule has 0 spiro atoms. The van der Waals surface area contributed by atoms with Crippen LogP contribution >= 0.6 is 0 Å². The Kier molecular flexibility index (Phi) is 5.21. The molecule has 0 bridgehead atoms. The van der Waals surface area contributed by atoms with Crippen molar-refractivity contribution in [2.45, 2.75) is 6.54 Å². The Morgan fingerprint density at radius 3 is 2.68 bits per heavy atom. The molecule has 22 heavy (non-hydrogen) atoms. The summed E-state index contributed by atoms with van der Waals surface area (Å²) in [5.41, 5.74) is 0.750. The summed E-state index contributed by atoms with van der Waals surface area (Å²) >= 11 is 0. The van der Waals surface area contributed by atoms with E-state index >= 15 is 0 Å². The maximum absolute atomic E-state index is 11.8. The van der Waals surface area contributed by atoms with Crippen LogP contribution in [0.3, 0.4) is 0 Å². The van der Waals surface area contributed by atoms with Crippen molar-refractivity contribution in [1.82, 2.24) is 20.3 Å². The number of benzene rings is 1. The summed E-state index contributed by atoms with van der Waals surface area (Å²) in [6.45, 7) is 0.653. The van der Waals surface area contributed by atoms with E-state index in [4.69, 9.17) is 4.74 Å². The summed E-state index contributed by atoms with van der Waals surface area (Å²) in [6, 6.07) is 8.85. The molecule has 0 saturated carbocycles. The first-order valence-corrected chi connectivity index (χ1v) is 6.61. The fourth-order valence-electron chi connectivity index (χ4n) is 1.93. The first-order chi connectivity index (χ1) is 10.6. The van der Waals surface area contributed by atoms with Crippen molar-refractivity contribution in [2.24, 2.45) is 0 Å². The van der Waals surface area contributed by atoms with Crippen LogP contribution < -0.4 is 5.32 Å². The molecule has 116 valence electrons. The molecule has 1 aromatic carbocycles. The van der Waals surface area contributed by atoms with Crippen LogP contribution in [0.25, 0.3) is 11.3 Å². The van der Waals surface area contributed by atoms with E-state index in [1.165, 1.54) is 11.8 Å². The van der Waals surface area contributed by atoms with Crippen molar-refractivity contribution in [3.8, 4) is 11.3 Å². The number of methoxy groups -OCH3 is 1. The number of carbonyl (C=O) groups excluding carboxylic acids is 1. The summed E-state index contributed by atoms with van der Waals surface area (Å²) < 4.78 is 6.12. The Balaban J connectivity index is 2.25. The molecule has 0 atom stereocenters. The third-order valence-corrected chi connectivity index (χ3v) is 2.91. The summed E-state index contributed by atoms with van der Waals surface area (Å²) in [5.74, 6) is -1.49. The van der Waals surface area contributed by atoms with Gasteiger partial charge in [0.1, 0.15) is 12.2 Å². The maximum atomic E-state index is 11.8. The molecular formula is C14H16N4O4. The Bertz CT molecular complexity index is 654. The Hall–Kier alpha value is -2.74. The minimum absolute atomic E-state index is 0.117. The van der Waals surface area contributed by atoms with Gasteiger partial charge in [-0.3, -0.25) is 4.79 Å². The SMILES string of the molecule is COCCNC(=O)Cn1nnc(C(=O)O)c1-c1ccccc1. The van der Waals surface area contributed by atoms with Gasteiger partial charge in [0.25, 0.3) is 0 Å². The zero-order valence-corrected chi connectivity index (χ0v) is 12.0. The number of hydrogen-bond acceptors (Lipinski definition) is 5. The van der Waals surface area contributed by atoms with Crippen LogP contribution in [-0.4, -0.2) is 52.2 Å². The first kappa shape index (κ1) is 15.6. The van der Waals surface area contributed by atoms with E-state index in [9.17, 15) is 14.7 Å². The molecule has 2 aromatic rings. The fourth-order valence-corrected chi connectivity index (χ4v) is 1.93. The highest BCUT2D eigenvalue weighted by atomic mass is 16.5. The van der Waals surface area contributed by atoms with Gasteiger partial charge in [-0.25, -0.2) is 9.48 Å². The van der Waals surface area contributed by atoms with Crippen molar-refractivity contribution in [1.29, 1.82) is 0 Å². The van der Waals surface area contributed by atoms with E-state index in [1.54, 1.807) is 24.3 Å². The van der Waals surface area contributed by atoms with Crippen LogP contribution in [0, 0.1) is 0 Å². The molecule has 0 aliphatic rings. The van der Waals surface area contributed by atoms with Crippen molar-refractivity contribution in [3.63, 3.8) is 0 Å². The number of carbonyl (C=O) groups is 2. The molecule has 0 aliphatic carbocycles. The molecule has 2 N–H and O–H groups in total. The van der Waals surface area contributed by atoms with Crippen molar-refractivity contribution in [3.05, 3.63) is 36.0 Å². The third kappa shape index (κ3) is 3.67. The summed E-state index contributed by atoms with van der Waals surface area (Å²) in [4.78, 5) is 23.1. The second-order valence-corrected chi connectivity index (χ2v) is 4.46. The van der Waals surface area contributed by atoms with Crippen LogP contribution in [-0.2, 0) is 16.1 Å². The van der Waals surface area contributed by atoms with E-state index in [1.807, 2.05) is 6.07 Å². The van der Waals surface area contributed by atoms with Crippen LogP contribution in [0.15, 0.2) is 30.3 Å². The van der Waals surface area contributed by atoms with Gasteiger partial charge in [0, 0.05) is 19.2 Å². The lowest BCUT2D eigenvalue weighted by Gasteiger charge is -2.08. The monoisotopic (exact) mass is 304 g/mol. The lowest BCUT2D eigenvalue weighted by Crippen LogP contribution is -2.31. The summed E-state index contributed by atoms with van der Waals surface area (Å²) in [5, 5.41) is 19.3. The fraction of sp³-hybridized carbons (Fsp3) is 0.286. The van der Waals surface area contributed by atoms with Gasteiger partial charge in [-0.1, -0.05) is 35.5 Å². The van der Waals surface area contributed by atoms with Gasteiger partial charge in [0.2, 0.25) is 5.91 Å². The highest BCUT2D eigenvalue weighted by Gasteiger charge is 2.21. The van der Waals surface area contributed by atoms with Crippen molar-refractivity contribution >= 4 is 11.9 Å². The smallest absolute Gasteiger partial charge is 0.358 e. The van der Waals surface area contributed by atoms with E-state index < -0.39 is 5.97 Å². The van der Waals surface area contributed by atoms with Gasteiger partial charge in [-0.15, -0.1) is 5.10 Å². The van der Waals surface area contributed by atoms with E-state index in [0.29, 0.717) is 24.4 Å². The van der Waals surface area contributed by atoms with Crippen LogP contribution in [0.1, 0.15) is 10.5 Å². The van der Waals surface area contributed by atoms with Crippen LogP contribution in [0.4, 0.5) is 0 Å². The number of ether oxygens (including phenoxy) is 1. The van der Waals surface area contributed by atoms with Gasteiger partial charge in [-0.05, 0) is 0 Å². The number of hydrogen-bond donors (Lipinski definition) is 2. The van der Waals surface area contributed by atoms with Gasteiger partial charge < -0.3 is 15.2 Å². The summed E-state index contributed by atoms with van der Waals surface area (Å²) in [7, 11) is 1.54. The van der Waals surface area contributed by atoms with E-state index in [2.05, 4.69) is 15.6 Å². The Morgan fingerprint density at radius 1 is 1.32 bits per heavy atom. The van der Waals surface area contributed by atoms with E-state index in [0.717, 1.165) is 0 Å². The predicted octanol–water partition coefficient (Wildman–Crippen LogP) is 0.406. The lowest BCUT2D eigenvalue weighted by molar-refractivity contribution is -0.122. The minimum Gasteiger partial charge on any atom is -0.476 e. The highest BCUT2D eigenvalue weighted by molar-refractivity contribution is 5.93. The number of carboxylic acid groups (broad SMARTS) is 1. The van der Waals surface area contributed by atoms with Gasteiger partial charge >= 0.3 is 5.97 Å². The molecule has 2 rings (SSSR count). The van der Waals surface area contributed by atoms with Gasteiger partial charge in [0.15, 0.2) is 5.69 Å². The van der Waals surface area contributed by atoms with Gasteiger partial charge in [-0.2, -0.15) is 0 Å². The largest absolute Gasteiger partial charge is 0.476 e. The van der Waals surface area contributed by atoms with Gasteiger partial charge in [0.05, 0.1) is 6.61 Å². The molecule has 0 unspecified atom stereocenters. The zero-order valence-electron chi connectivity index (χ0n) is 12.0. The number of nitrogens with zero attached hydrogens (tertiary/aromatic N) is 3. The Morgan fingerprint density at radius 2 is 2.05 bits per heavy atom. The highest BCUT2D eigenvalue weighted by Crippen LogP contribution is 2.21. The van der Waals surface area contributed by atoms with Crippen molar-refractivity contribution in [2.75, 3.05) is 20.3 Å². The third-order valence-electron chi connectivity index (χ3n) is 2.91. The number of aromatic carboxylic acids is 1. The first-order valence-electron chi connectivity index (χ1n) is 6.61. The predicted molar refractivity (Wildman–Crippen MR) is 77.3 cm³/mol. The minimum atomic E-state index is -1.19. The number of aromatic nitrogens is 3. The lowest BCUT2D eigenvalue weighted by atomic mass is 10.1. The second kappa shape index (κ2) is 7.32. The molecule has 8 heteroatoms. The second-order valence-electron chi connectivity index (χ2n) is 4.46. The topological polar surface area (TPSA) is 106 Å². The number of rotatable bonds is 7. The molecule has 1 aromatic heterocycles. The number of amides is 1. The molecule has 1 heterocycles. The molecule has 0 radical (unpaired) electrons. The molecular weight excluding hydrogens is 288 g/mol. The number of nitrogens with one attached hydrogen (secondary N) is 1. The number of carboxylic acids is 1. The molecule has 0 aliphatic heterocycles.